The molecule has 0 radical (unpaired) electrons. The van der Waals surface area contributed by atoms with Crippen molar-refractivity contribution >= 4 is 34.8 Å². The Morgan fingerprint density at radius 3 is 2.33 bits per heavy atom. The van der Waals surface area contributed by atoms with Gasteiger partial charge in [-0.2, -0.15) is 4.98 Å². The van der Waals surface area contributed by atoms with Crippen LogP contribution in [-0.2, 0) is 33.6 Å². The third kappa shape index (κ3) is 8.71. The summed E-state index contributed by atoms with van der Waals surface area (Å²) in [5.74, 6) is 1.83. The number of ether oxygens (including phenoxy) is 1. The van der Waals surface area contributed by atoms with E-state index in [1.54, 1.807) is 12.1 Å². The molecule has 2 unspecified atom stereocenters. The molecule has 3 atom stereocenters. The minimum Gasteiger partial charge on any atom is -0.508 e. The molecule has 4 aliphatic rings. The molecule has 2 heterocycles. The van der Waals surface area contributed by atoms with Gasteiger partial charge >= 0.3 is 6.09 Å². The molecular formula is C40H51N9O6. The maximum Gasteiger partial charge on any atom is 0.405 e. The second-order valence-corrected chi connectivity index (χ2v) is 16.1. The highest BCUT2D eigenvalue weighted by Crippen LogP contribution is 2.61. The van der Waals surface area contributed by atoms with E-state index in [2.05, 4.69) is 25.8 Å². The minimum absolute atomic E-state index is 0.0316. The zero-order valence-corrected chi connectivity index (χ0v) is 31.3. The van der Waals surface area contributed by atoms with Crippen LogP contribution in [0.1, 0.15) is 85.0 Å². The predicted octanol–water partition coefficient (Wildman–Crippen LogP) is 3.89. The number of aromatic nitrogens is 3. The van der Waals surface area contributed by atoms with Gasteiger partial charge in [-0.1, -0.05) is 23.4 Å². The Morgan fingerprint density at radius 2 is 1.67 bits per heavy atom. The fourth-order valence-electron chi connectivity index (χ4n) is 9.98. The lowest BCUT2D eigenvalue weighted by molar-refractivity contribution is -0.134. The summed E-state index contributed by atoms with van der Waals surface area (Å²) in [6.45, 7) is 3.60. The van der Waals surface area contributed by atoms with Crippen LogP contribution < -0.4 is 27.8 Å². The number of hydrogen-bond acceptors (Lipinski definition) is 9. The smallest absolute Gasteiger partial charge is 0.405 e. The summed E-state index contributed by atoms with van der Waals surface area (Å²) in [7, 11) is 0. The first kappa shape index (κ1) is 37.7. The minimum atomic E-state index is -1.39. The van der Waals surface area contributed by atoms with Crippen LogP contribution in [0, 0.1) is 37.0 Å². The van der Waals surface area contributed by atoms with Crippen LogP contribution in [-0.4, -0.2) is 62.8 Å². The second-order valence-electron chi connectivity index (χ2n) is 16.1. The molecule has 4 saturated carbocycles. The zero-order chi connectivity index (χ0) is 38.9. The Labute approximate surface area is 319 Å². The van der Waals surface area contributed by atoms with Gasteiger partial charge in [0.1, 0.15) is 17.8 Å². The highest BCUT2D eigenvalue weighted by molar-refractivity contribution is 5.91. The first-order chi connectivity index (χ1) is 26.3. The molecule has 0 aliphatic heterocycles. The van der Waals surface area contributed by atoms with Crippen LogP contribution in [0.25, 0.3) is 10.9 Å². The predicted molar refractivity (Wildman–Crippen MR) is 204 cm³/mol. The number of benzene rings is 2. The van der Waals surface area contributed by atoms with E-state index in [0.29, 0.717) is 12.2 Å². The molecule has 4 fully saturated rings. The molecular weight excluding hydrogens is 702 g/mol. The molecule has 0 spiro atoms. The summed E-state index contributed by atoms with van der Waals surface area (Å²) in [6.07, 6.45) is 7.97. The van der Waals surface area contributed by atoms with Crippen LogP contribution in [0.2, 0.25) is 0 Å². The van der Waals surface area contributed by atoms with Crippen molar-refractivity contribution in [3.05, 3.63) is 76.6 Å². The maximum atomic E-state index is 14.5. The van der Waals surface area contributed by atoms with E-state index in [0.717, 1.165) is 57.3 Å². The number of rotatable bonds is 15. The van der Waals surface area contributed by atoms with E-state index in [-0.39, 0.29) is 42.4 Å². The number of nitrogens with one attached hydrogen (secondary N) is 3. The van der Waals surface area contributed by atoms with Crippen molar-refractivity contribution in [1.82, 2.24) is 25.8 Å². The van der Waals surface area contributed by atoms with Crippen molar-refractivity contribution in [2.45, 2.75) is 96.2 Å². The number of primary amides is 1. The highest BCUT2D eigenvalue weighted by Gasteiger charge is 2.51. The zero-order valence-electron chi connectivity index (χ0n) is 31.3. The SMILES string of the molecule is Cc1cc(O)cc(C)c1CC(NC(=O)C(CCN=C(N)N)OC(N)=O)C(=O)N[C@@H](Cc1c[nH]c2ccccc12)c1nc(CC23CC4CC(CC(C4)C2)C3)no1. The molecule has 2 aromatic carbocycles. The van der Waals surface area contributed by atoms with Gasteiger partial charge in [0.25, 0.3) is 5.91 Å². The fourth-order valence-corrected chi connectivity index (χ4v) is 9.98. The number of nitrogens with two attached hydrogens (primary N) is 3. The van der Waals surface area contributed by atoms with Crippen LogP contribution in [0.5, 0.6) is 5.75 Å². The Morgan fingerprint density at radius 1 is 1.00 bits per heavy atom. The quantitative estimate of drug-likeness (QED) is 0.0681. The molecule has 3 amide bonds. The van der Waals surface area contributed by atoms with Crippen molar-refractivity contribution < 1.29 is 28.8 Å². The Bertz CT molecular complexity index is 2030. The van der Waals surface area contributed by atoms with Crippen LogP contribution in [0.15, 0.2) is 52.1 Å². The second kappa shape index (κ2) is 15.6. The van der Waals surface area contributed by atoms with E-state index in [9.17, 15) is 19.5 Å². The molecule has 4 aliphatic carbocycles. The number of nitrogens with zero attached hydrogens (tertiary/aromatic N) is 3. The van der Waals surface area contributed by atoms with Gasteiger partial charge in [0.05, 0.1) is 0 Å². The van der Waals surface area contributed by atoms with Crippen molar-refractivity contribution in [3.8, 4) is 5.75 Å². The Hall–Kier alpha value is -5.60. The van der Waals surface area contributed by atoms with Crippen LogP contribution in [0.4, 0.5) is 4.79 Å². The number of aliphatic imine (C=N–C) groups is 1. The molecule has 4 bridgehead atoms. The number of guanidine groups is 1. The number of phenolic OH excluding ortho intramolecular Hbond substituents is 1. The Balaban J connectivity index is 1.18. The van der Waals surface area contributed by atoms with Gasteiger partial charge < -0.3 is 47.2 Å². The number of aromatic hydroxyl groups is 1. The first-order valence-corrected chi connectivity index (χ1v) is 19.1. The van der Waals surface area contributed by atoms with Gasteiger partial charge in [0, 0.05) is 49.3 Å². The summed E-state index contributed by atoms with van der Waals surface area (Å²) in [5, 5.41) is 21.6. The highest BCUT2D eigenvalue weighted by atomic mass is 16.6. The molecule has 15 nitrogen and oxygen atoms in total. The van der Waals surface area contributed by atoms with Gasteiger partial charge in [-0.15, -0.1) is 0 Å². The number of aryl methyl sites for hydroxylation is 2. The molecule has 10 N–H and O–H groups in total. The van der Waals surface area contributed by atoms with Crippen molar-refractivity contribution in [1.29, 1.82) is 0 Å². The number of para-hydroxylation sites is 1. The number of aromatic amines is 1. The van der Waals surface area contributed by atoms with Gasteiger partial charge in [-0.05, 0) is 116 Å². The van der Waals surface area contributed by atoms with Gasteiger partial charge in [-0.3, -0.25) is 14.6 Å². The Kier molecular flexibility index (Phi) is 10.7. The largest absolute Gasteiger partial charge is 0.508 e. The molecule has 4 aromatic rings. The monoisotopic (exact) mass is 753 g/mol. The molecule has 0 saturated heterocycles. The number of fused-ring (bicyclic) bond motifs is 1. The molecule has 8 rings (SSSR count). The summed E-state index contributed by atoms with van der Waals surface area (Å²) in [6, 6.07) is 9.15. The topological polar surface area (TPSA) is 250 Å². The average Bonchev–Trinajstić information content (AvgIpc) is 3.74. The number of amides is 3. The number of carbonyl (C=O) groups is 3. The average molecular weight is 754 g/mol. The lowest BCUT2D eigenvalue weighted by Crippen LogP contribution is -2.52. The third-order valence-electron chi connectivity index (χ3n) is 11.9. The lowest BCUT2D eigenvalue weighted by atomic mass is 9.49. The number of H-pyrrole nitrogens is 1. The molecule has 2 aromatic heterocycles. The summed E-state index contributed by atoms with van der Waals surface area (Å²) in [5.41, 5.74) is 20.5. The maximum absolute atomic E-state index is 14.5. The summed E-state index contributed by atoms with van der Waals surface area (Å²) in [4.78, 5) is 52.2. The van der Waals surface area contributed by atoms with E-state index in [1.165, 1.54) is 38.5 Å². The van der Waals surface area contributed by atoms with Gasteiger partial charge in [0.15, 0.2) is 17.9 Å². The first-order valence-electron chi connectivity index (χ1n) is 19.1. The van der Waals surface area contributed by atoms with E-state index < -0.39 is 36.1 Å². The summed E-state index contributed by atoms with van der Waals surface area (Å²) >= 11 is 0. The molecule has 15 heteroatoms. The molecule has 292 valence electrons. The van der Waals surface area contributed by atoms with Gasteiger partial charge in [-0.25, -0.2) is 4.79 Å². The van der Waals surface area contributed by atoms with Crippen molar-refractivity contribution in [2.24, 2.45) is 45.4 Å². The van der Waals surface area contributed by atoms with Crippen LogP contribution in [0.3, 0.4) is 0 Å². The standard InChI is InChI=1S/C40H51N9O6/c1-21-9-27(50)10-22(2)29(21)15-31(46-36(52)33(54-39(43)53)7-8-44-38(41)42)35(51)47-32(14-26-20-45-30-6-4-3-5-28(26)30)37-48-34(49-55-37)19-40-16-23-11-24(17-40)13-25(12-23)18-40/h3-6,9-10,20,23-25,31-33,45,50H,7-8,11-19H2,1-2H3,(H2,43,53)(H,46,52)(H,47,51)(H4,41,42,44)/t23?,24?,25?,31?,32-,33?,40?/m0/s1. The number of carbonyl (C=O) groups excluding carboxylic acids is 3. The van der Waals surface area contributed by atoms with E-state index in [4.69, 9.17) is 31.4 Å². The van der Waals surface area contributed by atoms with E-state index >= 15 is 0 Å². The van der Waals surface area contributed by atoms with Crippen molar-refractivity contribution in [3.63, 3.8) is 0 Å². The number of hydrogen-bond donors (Lipinski definition) is 7. The number of phenols is 1. The van der Waals surface area contributed by atoms with Crippen LogP contribution >= 0.6 is 0 Å². The normalized spacial score (nSPS) is 22.8. The van der Waals surface area contributed by atoms with Crippen molar-refractivity contribution in [2.75, 3.05) is 6.54 Å². The van der Waals surface area contributed by atoms with E-state index in [1.807, 2.05) is 44.3 Å². The summed E-state index contributed by atoms with van der Waals surface area (Å²) < 4.78 is 11.1. The van der Waals surface area contributed by atoms with Gasteiger partial charge in [0.2, 0.25) is 11.8 Å². The third-order valence-corrected chi connectivity index (χ3v) is 11.9. The molecule has 55 heavy (non-hydrogen) atoms. The fraction of sp³-hybridized carbons (Fsp3) is 0.500. The lowest BCUT2D eigenvalue weighted by Gasteiger charge is -2.56.